The predicted octanol–water partition coefficient (Wildman–Crippen LogP) is 5.63. The summed E-state index contributed by atoms with van der Waals surface area (Å²) in [5.41, 5.74) is 3.34. The van der Waals surface area contributed by atoms with E-state index in [9.17, 15) is 18.3 Å². The van der Waals surface area contributed by atoms with Crippen molar-refractivity contribution in [2.45, 2.75) is 75.6 Å². The van der Waals surface area contributed by atoms with E-state index < -0.39 is 27.3 Å². The second-order valence-corrected chi connectivity index (χ2v) is 15.4. The van der Waals surface area contributed by atoms with E-state index in [-0.39, 0.29) is 29.2 Å². The van der Waals surface area contributed by atoms with Crippen LogP contribution in [-0.4, -0.2) is 50.5 Å². The molecule has 2 aromatic carbocycles. The van der Waals surface area contributed by atoms with Crippen molar-refractivity contribution in [2.75, 3.05) is 24.6 Å². The molecule has 2 aliphatic carbocycles. The van der Waals surface area contributed by atoms with Crippen molar-refractivity contribution < 1.29 is 23.1 Å². The van der Waals surface area contributed by atoms with Gasteiger partial charge in [-0.2, -0.15) is 0 Å². The Morgan fingerprint density at radius 2 is 1.93 bits per heavy atom. The molecular formula is C33H41ClN2O5S. The minimum absolute atomic E-state index is 0.166. The molecule has 4 aliphatic rings. The summed E-state index contributed by atoms with van der Waals surface area (Å²) in [4.78, 5) is 15.7. The lowest BCUT2D eigenvalue weighted by atomic mass is 9.68. The molecule has 1 spiro atoms. The van der Waals surface area contributed by atoms with Crippen LogP contribution in [0.5, 0.6) is 5.75 Å². The zero-order valence-corrected chi connectivity index (χ0v) is 26.0. The molecule has 0 saturated heterocycles. The molecule has 9 heteroatoms. The number of fused-ring (bicyclic) bond motifs is 4. The number of amides is 1. The Kier molecular flexibility index (Phi) is 8.09. The summed E-state index contributed by atoms with van der Waals surface area (Å²) in [5, 5.41) is 11.1. The summed E-state index contributed by atoms with van der Waals surface area (Å²) in [7, 11) is -3.94. The monoisotopic (exact) mass is 612 g/mol. The number of carbonyl (C=O) groups is 1. The Morgan fingerprint density at radius 3 is 2.69 bits per heavy atom. The van der Waals surface area contributed by atoms with Gasteiger partial charge in [-0.25, -0.2) is 13.1 Å². The van der Waals surface area contributed by atoms with Gasteiger partial charge < -0.3 is 14.7 Å². The molecule has 42 heavy (non-hydrogen) atoms. The second kappa shape index (κ2) is 11.5. The molecule has 5 atom stereocenters. The number of carbonyl (C=O) groups excluding carboxylic acids is 1. The number of halogens is 1. The Morgan fingerprint density at radius 1 is 1.12 bits per heavy atom. The molecule has 2 N–H and O–H groups in total. The van der Waals surface area contributed by atoms with Crippen LogP contribution in [0.4, 0.5) is 5.69 Å². The molecule has 6 rings (SSSR count). The highest BCUT2D eigenvalue weighted by Gasteiger charge is 2.44. The van der Waals surface area contributed by atoms with Gasteiger partial charge in [0.15, 0.2) is 0 Å². The number of sulfonamides is 1. The minimum atomic E-state index is -3.94. The number of allylic oxidation sites excluding steroid dienone is 1. The van der Waals surface area contributed by atoms with Crippen LogP contribution >= 0.6 is 11.6 Å². The average molecular weight is 613 g/mol. The molecular weight excluding hydrogens is 572 g/mol. The molecule has 1 unspecified atom stereocenters. The summed E-state index contributed by atoms with van der Waals surface area (Å²) in [5.74, 6) is 0.333. The average Bonchev–Trinajstić information content (AvgIpc) is 3.06. The van der Waals surface area contributed by atoms with Crippen molar-refractivity contribution >= 4 is 33.2 Å². The van der Waals surface area contributed by atoms with Crippen molar-refractivity contribution in [3.05, 3.63) is 70.3 Å². The lowest BCUT2D eigenvalue weighted by Crippen LogP contribution is -2.49. The molecule has 2 aliphatic heterocycles. The number of benzene rings is 2. The van der Waals surface area contributed by atoms with Crippen LogP contribution in [0.15, 0.2) is 48.6 Å². The smallest absolute Gasteiger partial charge is 0.264 e. The Hall–Kier alpha value is -2.55. The van der Waals surface area contributed by atoms with Crippen molar-refractivity contribution in [2.24, 2.45) is 17.8 Å². The van der Waals surface area contributed by atoms with E-state index in [0.717, 1.165) is 49.4 Å². The summed E-state index contributed by atoms with van der Waals surface area (Å²) in [6.45, 7) is 5.62. The summed E-state index contributed by atoms with van der Waals surface area (Å²) < 4.78 is 35.6. The summed E-state index contributed by atoms with van der Waals surface area (Å²) >= 11 is 6.39. The number of anilines is 1. The molecule has 7 nitrogen and oxygen atoms in total. The number of aliphatic hydroxyl groups excluding tert-OH is 1. The van der Waals surface area contributed by atoms with Crippen molar-refractivity contribution in [1.82, 2.24) is 4.72 Å². The summed E-state index contributed by atoms with van der Waals surface area (Å²) in [6, 6.07) is 11.4. The number of nitrogens with zero attached hydrogens (tertiary/aromatic N) is 1. The van der Waals surface area contributed by atoms with Gasteiger partial charge in [-0.15, -0.1) is 0 Å². The molecule has 1 amide bonds. The quantitative estimate of drug-likeness (QED) is 0.405. The highest BCUT2D eigenvalue weighted by atomic mass is 35.5. The van der Waals surface area contributed by atoms with Crippen LogP contribution < -0.4 is 14.4 Å². The maximum Gasteiger partial charge on any atom is 0.264 e. The van der Waals surface area contributed by atoms with Crippen LogP contribution in [0, 0.1) is 17.8 Å². The highest BCUT2D eigenvalue weighted by molar-refractivity contribution is 7.90. The largest absolute Gasteiger partial charge is 0.490 e. The van der Waals surface area contributed by atoms with Gasteiger partial charge in [0, 0.05) is 29.1 Å². The zero-order valence-electron chi connectivity index (χ0n) is 24.4. The number of rotatable bonds is 1. The molecule has 1 fully saturated rings. The standard InChI is InChI=1S/C33H41ClN2O5S/c1-21(2)31-8-4-3-7-29(37)26-12-9-24(26)18-36-19-33(15-5-6-22-16-25(34)11-13-27(22)33)20-41-30-14-10-23(17-28(30)36)32(38)35-42(31,39)40/h3-4,10-11,13-14,16-17,21,24,26,29,31,37H,5-9,12,15,18-20H2,1-2H3,(H,35,38)/b4-3-/t24-,26+,29+,31?,33-/m0/s1. The molecule has 0 aromatic heterocycles. The first-order chi connectivity index (χ1) is 20.1. The van der Waals surface area contributed by atoms with Gasteiger partial charge in [0.2, 0.25) is 10.0 Å². The van der Waals surface area contributed by atoms with Gasteiger partial charge in [-0.3, -0.25) is 4.79 Å². The molecule has 2 aromatic rings. The third-order valence-electron chi connectivity index (χ3n) is 10.0. The van der Waals surface area contributed by atoms with E-state index in [1.807, 2.05) is 32.1 Å². The zero-order chi connectivity index (χ0) is 29.6. The summed E-state index contributed by atoms with van der Waals surface area (Å²) in [6.07, 6.45) is 9.00. The number of aliphatic hydroxyl groups is 1. The van der Waals surface area contributed by atoms with Gasteiger partial charge in [0.1, 0.15) is 5.75 Å². The van der Waals surface area contributed by atoms with E-state index >= 15 is 0 Å². The van der Waals surface area contributed by atoms with E-state index in [2.05, 4.69) is 21.8 Å². The van der Waals surface area contributed by atoms with Crippen LogP contribution in [0.2, 0.25) is 5.02 Å². The number of hydrogen-bond donors (Lipinski definition) is 2. The predicted molar refractivity (Wildman–Crippen MR) is 166 cm³/mol. The first-order valence-corrected chi connectivity index (χ1v) is 17.2. The number of ether oxygens (including phenoxy) is 1. The van der Waals surface area contributed by atoms with E-state index in [4.69, 9.17) is 16.3 Å². The van der Waals surface area contributed by atoms with Gasteiger partial charge in [0.25, 0.3) is 5.91 Å². The third kappa shape index (κ3) is 5.58. The fourth-order valence-corrected chi connectivity index (χ4v) is 9.33. The van der Waals surface area contributed by atoms with Crippen molar-refractivity contribution in [3.63, 3.8) is 0 Å². The minimum Gasteiger partial charge on any atom is -0.490 e. The topological polar surface area (TPSA) is 95.9 Å². The van der Waals surface area contributed by atoms with Gasteiger partial charge in [-0.05, 0) is 104 Å². The van der Waals surface area contributed by atoms with Gasteiger partial charge in [0.05, 0.1) is 23.6 Å². The molecule has 1 saturated carbocycles. The second-order valence-electron chi connectivity index (χ2n) is 13.1. The van der Waals surface area contributed by atoms with E-state index in [1.54, 1.807) is 18.2 Å². The van der Waals surface area contributed by atoms with Crippen molar-refractivity contribution in [3.8, 4) is 5.75 Å². The van der Waals surface area contributed by atoms with E-state index in [0.29, 0.717) is 31.2 Å². The Bertz CT molecular complexity index is 1490. The van der Waals surface area contributed by atoms with Crippen LogP contribution in [0.3, 0.4) is 0 Å². The number of hydrogen-bond acceptors (Lipinski definition) is 6. The van der Waals surface area contributed by atoms with Crippen molar-refractivity contribution in [1.29, 1.82) is 0 Å². The SMILES string of the molecule is CC(C)C1C/C=C\C[C@@H](O)[C@@H]2CC[C@H]2CN2C[C@@]3(CCCc4cc(Cl)ccc43)COc3ccc(cc32)C(=O)NS1(=O)=O. The molecule has 2 bridgehead atoms. The van der Waals surface area contributed by atoms with Gasteiger partial charge >= 0.3 is 0 Å². The fourth-order valence-electron chi connectivity index (χ4n) is 7.53. The van der Waals surface area contributed by atoms with E-state index in [1.165, 1.54) is 11.1 Å². The van der Waals surface area contributed by atoms with Crippen LogP contribution in [0.1, 0.15) is 73.9 Å². The maximum absolute atomic E-state index is 13.4. The first-order valence-electron chi connectivity index (χ1n) is 15.3. The lowest BCUT2D eigenvalue weighted by molar-refractivity contribution is 0.0177. The first kappa shape index (κ1) is 29.5. The van der Waals surface area contributed by atoms with Gasteiger partial charge in [-0.1, -0.05) is 43.7 Å². The Labute approximate surface area is 254 Å². The number of nitrogens with one attached hydrogen (secondary N) is 1. The lowest BCUT2D eigenvalue weighted by Gasteiger charge is -2.45. The fraction of sp³-hybridized carbons (Fsp3) is 0.545. The third-order valence-corrected chi connectivity index (χ3v) is 12.3. The molecule has 226 valence electrons. The normalized spacial score (nSPS) is 31.6. The van der Waals surface area contributed by atoms with Crippen LogP contribution in [-0.2, 0) is 21.9 Å². The number of aryl methyl sites for hydroxylation is 1. The highest BCUT2D eigenvalue weighted by Crippen LogP contribution is 2.47. The Balaban J connectivity index is 1.42. The van der Waals surface area contributed by atoms with Crippen LogP contribution in [0.25, 0.3) is 0 Å². The molecule has 0 radical (unpaired) electrons. The molecule has 2 heterocycles. The maximum atomic E-state index is 13.4.